The van der Waals surface area contributed by atoms with Crippen molar-refractivity contribution in [2.24, 2.45) is 5.92 Å². The zero-order valence-electron chi connectivity index (χ0n) is 18.1. The molecule has 1 fully saturated rings. The third-order valence-corrected chi connectivity index (χ3v) is 5.90. The van der Waals surface area contributed by atoms with Gasteiger partial charge >= 0.3 is 0 Å². The molecule has 0 aromatic carbocycles. The first-order chi connectivity index (χ1) is 13.9. The number of hydrogen-bond donors (Lipinski definition) is 0. The van der Waals surface area contributed by atoms with Crippen molar-refractivity contribution < 1.29 is 14.3 Å². The van der Waals surface area contributed by atoms with Crippen LogP contribution in [0.4, 0.5) is 0 Å². The highest BCUT2D eigenvalue weighted by atomic mass is 16.5. The SMILES string of the molecule is COCCN(C(=O)CN1Cc2cnnn2[C@@H](CC(C)C)C1=O)C1CCN(C)CC1. The molecular weight excluding hydrogens is 372 g/mol. The lowest BCUT2D eigenvalue weighted by Crippen LogP contribution is -2.53. The van der Waals surface area contributed by atoms with E-state index in [4.69, 9.17) is 4.74 Å². The first-order valence-electron chi connectivity index (χ1n) is 10.6. The number of likely N-dealkylation sites (tertiary alicyclic amines) is 1. The number of ether oxygens (including phenoxy) is 1. The van der Waals surface area contributed by atoms with Crippen LogP contribution >= 0.6 is 0 Å². The van der Waals surface area contributed by atoms with Crippen molar-refractivity contribution >= 4 is 11.8 Å². The number of aromatic nitrogens is 3. The van der Waals surface area contributed by atoms with E-state index in [0.717, 1.165) is 31.6 Å². The molecule has 2 aliphatic rings. The highest BCUT2D eigenvalue weighted by Gasteiger charge is 2.37. The van der Waals surface area contributed by atoms with Crippen LogP contribution in [0.15, 0.2) is 6.20 Å². The van der Waals surface area contributed by atoms with Gasteiger partial charge in [0.2, 0.25) is 11.8 Å². The van der Waals surface area contributed by atoms with Crippen molar-refractivity contribution in [2.45, 2.75) is 51.7 Å². The van der Waals surface area contributed by atoms with Gasteiger partial charge < -0.3 is 19.4 Å². The first kappa shape index (κ1) is 21.7. The Bertz CT molecular complexity index is 698. The van der Waals surface area contributed by atoms with E-state index in [1.807, 2.05) is 4.90 Å². The summed E-state index contributed by atoms with van der Waals surface area (Å²) >= 11 is 0. The standard InChI is InChI=1S/C20H34N6O3/c1-15(2)11-18-20(28)24(13-17-12-21-22-26(17)18)14-19(27)25(9-10-29-4)16-5-7-23(3)8-6-16/h12,15-16,18H,5-11,13-14H2,1-4H3/t18-/m0/s1. The zero-order chi connectivity index (χ0) is 21.0. The Morgan fingerprint density at radius 3 is 2.72 bits per heavy atom. The van der Waals surface area contributed by atoms with Gasteiger partial charge in [0, 0.05) is 19.7 Å². The maximum Gasteiger partial charge on any atom is 0.248 e. The average molecular weight is 407 g/mol. The van der Waals surface area contributed by atoms with Crippen LogP contribution in [-0.2, 0) is 20.9 Å². The molecule has 1 aromatic heterocycles. The number of fused-ring (bicyclic) bond motifs is 1. The van der Waals surface area contributed by atoms with E-state index >= 15 is 0 Å². The van der Waals surface area contributed by atoms with Crippen LogP contribution in [0.3, 0.4) is 0 Å². The van der Waals surface area contributed by atoms with Crippen molar-refractivity contribution in [3.63, 3.8) is 0 Å². The van der Waals surface area contributed by atoms with Crippen molar-refractivity contribution in [2.75, 3.05) is 46.9 Å². The van der Waals surface area contributed by atoms with Gasteiger partial charge in [-0.3, -0.25) is 9.59 Å². The summed E-state index contributed by atoms with van der Waals surface area (Å²) in [6.07, 6.45) is 4.28. The monoisotopic (exact) mass is 406 g/mol. The number of rotatable bonds is 8. The minimum atomic E-state index is -0.384. The Morgan fingerprint density at radius 2 is 2.07 bits per heavy atom. The lowest BCUT2D eigenvalue weighted by atomic mass is 10.0. The molecule has 3 heterocycles. The van der Waals surface area contributed by atoms with Gasteiger partial charge in [0.05, 0.1) is 25.0 Å². The van der Waals surface area contributed by atoms with Gasteiger partial charge in [0.25, 0.3) is 0 Å². The van der Waals surface area contributed by atoms with E-state index in [9.17, 15) is 9.59 Å². The molecule has 2 amide bonds. The summed E-state index contributed by atoms with van der Waals surface area (Å²) in [5, 5.41) is 8.10. The van der Waals surface area contributed by atoms with E-state index in [0.29, 0.717) is 32.0 Å². The van der Waals surface area contributed by atoms with Crippen LogP contribution in [0.2, 0.25) is 0 Å². The Morgan fingerprint density at radius 1 is 1.34 bits per heavy atom. The van der Waals surface area contributed by atoms with Crippen molar-refractivity contribution in [3.8, 4) is 0 Å². The molecule has 0 saturated carbocycles. The fourth-order valence-electron chi connectivity index (χ4n) is 4.27. The molecule has 1 aromatic rings. The van der Waals surface area contributed by atoms with Crippen LogP contribution in [0.1, 0.15) is 44.8 Å². The second kappa shape index (κ2) is 9.67. The van der Waals surface area contributed by atoms with Gasteiger partial charge in [-0.1, -0.05) is 19.1 Å². The summed E-state index contributed by atoms with van der Waals surface area (Å²) in [5.41, 5.74) is 0.880. The molecule has 0 unspecified atom stereocenters. The Balaban J connectivity index is 1.72. The van der Waals surface area contributed by atoms with Crippen molar-refractivity contribution in [1.82, 2.24) is 29.7 Å². The third-order valence-electron chi connectivity index (χ3n) is 5.90. The summed E-state index contributed by atoms with van der Waals surface area (Å²) in [5.74, 6) is 0.295. The summed E-state index contributed by atoms with van der Waals surface area (Å²) in [6, 6.07) is -0.183. The highest BCUT2D eigenvalue weighted by molar-refractivity contribution is 5.87. The van der Waals surface area contributed by atoms with Gasteiger partial charge in [-0.25, -0.2) is 4.68 Å². The average Bonchev–Trinajstić information content (AvgIpc) is 3.14. The molecule has 0 aliphatic carbocycles. The molecule has 2 aliphatic heterocycles. The number of methoxy groups -OCH3 is 1. The van der Waals surface area contributed by atoms with Crippen molar-refractivity contribution in [1.29, 1.82) is 0 Å². The van der Waals surface area contributed by atoms with E-state index < -0.39 is 0 Å². The Kier molecular flexibility index (Phi) is 7.23. The smallest absolute Gasteiger partial charge is 0.248 e. The maximum atomic E-state index is 13.2. The number of amides is 2. The fourth-order valence-corrected chi connectivity index (χ4v) is 4.27. The molecule has 0 spiro atoms. The number of hydrogen-bond acceptors (Lipinski definition) is 6. The van der Waals surface area contributed by atoms with Gasteiger partial charge in [0.1, 0.15) is 12.6 Å². The molecule has 9 heteroatoms. The fraction of sp³-hybridized carbons (Fsp3) is 0.800. The third kappa shape index (κ3) is 5.14. The molecule has 29 heavy (non-hydrogen) atoms. The zero-order valence-corrected chi connectivity index (χ0v) is 18.1. The van der Waals surface area contributed by atoms with Crippen LogP contribution < -0.4 is 0 Å². The molecule has 0 N–H and O–H groups in total. The maximum absolute atomic E-state index is 13.2. The van der Waals surface area contributed by atoms with Crippen LogP contribution in [0.25, 0.3) is 0 Å². The molecule has 1 saturated heterocycles. The second-order valence-corrected chi connectivity index (χ2v) is 8.62. The summed E-state index contributed by atoms with van der Waals surface area (Å²) < 4.78 is 6.96. The van der Waals surface area contributed by atoms with Gasteiger partial charge in [-0.15, -0.1) is 5.10 Å². The number of nitrogens with zero attached hydrogens (tertiary/aromatic N) is 6. The van der Waals surface area contributed by atoms with E-state index in [-0.39, 0.29) is 30.4 Å². The van der Waals surface area contributed by atoms with E-state index in [2.05, 4.69) is 36.1 Å². The van der Waals surface area contributed by atoms with Crippen LogP contribution in [-0.4, -0.2) is 94.5 Å². The Labute approximate surface area is 173 Å². The number of carbonyl (C=O) groups is 2. The minimum absolute atomic E-state index is 0.00539. The summed E-state index contributed by atoms with van der Waals surface area (Å²) in [4.78, 5) is 32.3. The van der Waals surface area contributed by atoms with E-state index in [1.165, 1.54) is 0 Å². The molecule has 0 radical (unpaired) electrons. The molecule has 162 valence electrons. The van der Waals surface area contributed by atoms with Crippen LogP contribution in [0, 0.1) is 5.92 Å². The highest BCUT2D eigenvalue weighted by Crippen LogP contribution is 2.27. The second-order valence-electron chi connectivity index (χ2n) is 8.62. The summed E-state index contributed by atoms with van der Waals surface area (Å²) in [7, 11) is 3.76. The number of piperidine rings is 1. The predicted octanol–water partition coefficient (Wildman–Crippen LogP) is 0.777. The molecule has 9 nitrogen and oxygen atoms in total. The topological polar surface area (TPSA) is 83.8 Å². The molecule has 1 atom stereocenters. The van der Waals surface area contributed by atoms with E-state index in [1.54, 1.807) is 22.9 Å². The largest absolute Gasteiger partial charge is 0.383 e. The number of carbonyl (C=O) groups excluding carboxylic acids is 2. The normalized spacial score (nSPS) is 20.9. The van der Waals surface area contributed by atoms with Gasteiger partial charge in [-0.05, 0) is 45.3 Å². The summed E-state index contributed by atoms with van der Waals surface area (Å²) in [6.45, 7) is 7.64. The lowest BCUT2D eigenvalue weighted by molar-refractivity contribution is -0.147. The Hall–Kier alpha value is -2.00. The molecule has 0 bridgehead atoms. The molecular formula is C20H34N6O3. The molecule has 3 rings (SSSR count). The minimum Gasteiger partial charge on any atom is -0.383 e. The quantitative estimate of drug-likeness (QED) is 0.634. The van der Waals surface area contributed by atoms with Gasteiger partial charge in [0.15, 0.2) is 0 Å². The van der Waals surface area contributed by atoms with Gasteiger partial charge in [-0.2, -0.15) is 0 Å². The lowest BCUT2D eigenvalue weighted by Gasteiger charge is -2.39. The van der Waals surface area contributed by atoms with Crippen LogP contribution in [0.5, 0.6) is 0 Å². The predicted molar refractivity (Wildman–Crippen MR) is 108 cm³/mol. The van der Waals surface area contributed by atoms with Crippen molar-refractivity contribution in [3.05, 3.63) is 11.9 Å². The first-order valence-corrected chi connectivity index (χ1v) is 10.6.